The number of nitrogens with one attached hydrogen (secondary N) is 1. The highest BCUT2D eigenvalue weighted by Gasteiger charge is 2.36. The van der Waals surface area contributed by atoms with Crippen LogP contribution in [0.25, 0.3) is 10.9 Å². The van der Waals surface area contributed by atoms with Crippen molar-refractivity contribution in [2.45, 2.75) is 31.4 Å². The number of amides is 1. The van der Waals surface area contributed by atoms with E-state index < -0.39 is 6.09 Å². The van der Waals surface area contributed by atoms with Gasteiger partial charge in [-0.15, -0.1) is 0 Å². The SMILES string of the molecule is O=C(Oc1ccc(Cl)cc1)N1CCc2c([nH]c3ccc(Cl)cc23)[C@@H]1c1ccc(OC2CCN(CCN3CCOCC3)CC2)cc1. The molecule has 0 saturated carbocycles. The molecule has 0 aliphatic carbocycles. The number of hydrogen-bond acceptors (Lipinski definition) is 6. The zero-order valence-electron chi connectivity index (χ0n) is 25.2. The number of fused-ring (bicyclic) bond motifs is 3. The number of aromatic amines is 1. The van der Waals surface area contributed by atoms with Crippen molar-refractivity contribution in [2.75, 3.05) is 59.0 Å². The van der Waals surface area contributed by atoms with Crippen LogP contribution >= 0.6 is 23.2 Å². The first-order valence-corrected chi connectivity index (χ1v) is 16.6. The molecule has 2 saturated heterocycles. The summed E-state index contributed by atoms with van der Waals surface area (Å²) in [6.07, 6.45) is 2.50. The van der Waals surface area contributed by atoms with E-state index in [1.807, 2.05) is 30.3 Å². The van der Waals surface area contributed by atoms with Gasteiger partial charge in [-0.3, -0.25) is 9.80 Å². The van der Waals surface area contributed by atoms with Crippen molar-refractivity contribution in [3.8, 4) is 11.5 Å². The molecule has 0 radical (unpaired) electrons. The van der Waals surface area contributed by atoms with E-state index in [1.165, 1.54) is 5.56 Å². The minimum Gasteiger partial charge on any atom is -0.490 e. The lowest BCUT2D eigenvalue weighted by Gasteiger charge is -2.35. The van der Waals surface area contributed by atoms with Crippen molar-refractivity contribution in [3.05, 3.63) is 93.6 Å². The molecule has 8 nitrogen and oxygen atoms in total. The van der Waals surface area contributed by atoms with Gasteiger partial charge in [0.2, 0.25) is 0 Å². The number of benzene rings is 3. The molecule has 1 atom stereocenters. The minimum atomic E-state index is -0.412. The van der Waals surface area contributed by atoms with Crippen LogP contribution in [0.5, 0.6) is 11.5 Å². The average molecular weight is 650 g/mol. The fourth-order valence-electron chi connectivity index (χ4n) is 6.75. The van der Waals surface area contributed by atoms with Gasteiger partial charge in [0.15, 0.2) is 0 Å². The molecule has 0 spiro atoms. The molecular weight excluding hydrogens is 611 g/mol. The Balaban J connectivity index is 1.05. The highest BCUT2D eigenvalue weighted by Crippen LogP contribution is 2.40. The second-order valence-corrected chi connectivity index (χ2v) is 12.9. The van der Waals surface area contributed by atoms with Gasteiger partial charge < -0.3 is 24.1 Å². The Bertz CT molecular complexity index is 1610. The molecule has 3 aromatic carbocycles. The Hall–Kier alpha value is -3.27. The summed E-state index contributed by atoms with van der Waals surface area (Å²) in [6.45, 7) is 8.57. The average Bonchev–Trinajstić information content (AvgIpc) is 3.44. The van der Waals surface area contributed by atoms with E-state index in [9.17, 15) is 4.79 Å². The van der Waals surface area contributed by atoms with Crippen molar-refractivity contribution < 1.29 is 19.0 Å². The van der Waals surface area contributed by atoms with Crippen molar-refractivity contribution in [3.63, 3.8) is 0 Å². The van der Waals surface area contributed by atoms with E-state index in [4.69, 9.17) is 37.4 Å². The monoisotopic (exact) mass is 648 g/mol. The maximum absolute atomic E-state index is 13.6. The molecule has 2 fully saturated rings. The van der Waals surface area contributed by atoms with E-state index in [0.29, 0.717) is 28.8 Å². The molecule has 45 heavy (non-hydrogen) atoms. The fourth-order valence-corrected chi connectivity index (χ4v) is 7.04. The molecular formula is C35H38Cl2N4O4. The van der Waals surface area contributed by atoms with Gasteiger partial charge in [0, 0.05) is 72.5 Å². The number of rotatable bonds is 7. The Morgan fingerprint density at radius 1 is 0.822 bits per heavy atom. The van der Waals surface area contributed by atoms with E-state index in [2.05, 4.69) is 26.9 Å². The third kappa shape index (κ3) is 6.95. The van der Waals surface area contributed by atoms with Crippen LogP contribution in [-0.2, 0) is 11.2 Å². The summed E-state index contributed by atoms with van der Waals surface area (Å²) < 4.78 is 17.7. The molecule has 1 N–H and O–H groups in total. The van der Waals surface area contributed by atoms with Gasteiger partial charge >= 0.3 is 6.09 Å². The number of carbonyl (C=O) groups excluding carboxylic acids is 1. The second kappa shape index (κ2) is 13.6. The summed E-state index contributed by atoms with van der Waals surface area (Å²) in [5.74, 6) is 1.30. The molecule has 236 valence electrons. The topological polar surface area (TPSA) is 70.3 Å². The Labute approximate surface area is 273 Å². The van der Waals surface area contributed by atoms with Crippen LogP contribution in [0, 0.1) is 0 Å². The molecule has 0 bridgehead atoms. The summed E-state index contributed by atoms with van der Waals surface area (Å²) >= 11 is 12.4. The summed E-state index contributed by atoms with van der Waals surface area (Å²) in [5.41, 5.74) is 4.13. The molecule has 3 aliphatic rings. The zero-order valence-corrected chi connectivity index (χ0v) is 26.7. The standard InChI is InChI=1S/C35H38Cl2N4O4/c36-25-3-8-28(9-4-25)45-35(42)41-16-13-30-31-23-26(37)5-10-32(31)38-33(30)34(41)24-1-6-27(7-2-24)44-29-11-14-39(15-12-29)17-18-40-19-21-43-22-20-40/h1-10,23,29,34,38H,11-22H2/t34-/m0/s1. The normalized spacial score (nSPS) is 19.9. The van der Waals surface area contributed by atoms with Gasteiger partial charge in [0.05, 0.1) is 13.2 Å². The van der Waals surface area contributed by atoms with Gasteiger partial charge in [0.25, 0.3) is 0 Å². The molecule has 4 heterocycles. The van der Waals surface area contributed by atoms with Crippen LogP contribution in [0.1, 0.15) is 35.7 Å². The third-order valence-electron chi connectivity index (χ3n) is 9.21. The Morgan fingerprint density at radius 3 is 2.22 bits per heavy atom. The number of carbonyl (C=O) groups is 1. The van der Waals surface area contributed by atoms with Gasteiger partial charge in [-0.05, 0) is 85.0 Å². The summed E-state index contributed by atoms with van der Waals surface area (Å²) in [7, 11) is 0. The molecule has 7 rings (SSSR count). The quantitative estimate of drug-likeness (QED) is 0.238. The summed E-state index contributed by atoms with van der Waals surface area (Å²) in [4.78, 5) is 24.0. The van der Waals surface area contributed by atoms with E-state index in [-0.39, 0.29) is 12.1 Å². The molecule has 1 amide bonds. The highest BCUT2D eigenvalue weighted by atomic mass is 35.5. The Morgan fingerprint density at radius 2 is 1.49 bits per heavy atom. The number of likely N-dealkylation sites (tertiary alicyclic amines) is 1. The highest BCUT2D eigenvalue weighted by molar-refractivity contribution is 6.31. The number of ether oxygens (including phenoxy) is 3. The maximum atomic E-state index is 13.6. The number of piperidine rings is 1. The number of hydrogen-bond donors (Lipinski definition) is 1. The van der Waals surface area contributed by atoms with Crippen molar-refractivity contribution in [1.82, 2.24) is 19.7 Å². The zero-order chi connectivity index (χ0) is 30.8. The van der Waals surface area contributed by atoms with Crippen LogP contribution in [0.3, 0.4) is 0 Å². The lowest BCUT2D eigenvalue weighted by molar-refractivity contribution is 0.0289. The lowest BCUT2D eigenvalue weighted by Crippen LogP contribution is -2.44. The minimum absolute atomic E-state index is 0.195. The van der Waals surface area contributed by atoms with Gasteiger partial charge in [-0.25, -0.2) is 4.79 Å². The Kier molecular flexibility index (Phi) is 9.19. The molecule has 1 aromatic heterocycles. The lowest BCUT2D eigenvalue weighted by atomic mass is 9.92. The van der Waals surface area contributed by atoms with E-state index in [1.54, 1.807) is 29.2 Å². The summed E-state index contributed by atoms with van der Waals surface area (Å²) in [5, 5.41) is 2.36. The predicted molar refractivity (Wildman–Crippen MR) is 177 cm³/mol. The number of H-pyrrole nitrogens is 1. The van der Waals surface area contributed by atoms with Gasteiger partial charge in [-0.1, -0.05) is 35.3 Å². The van der Waals surface area contributed by atoms with Crippen LogP contribution in [-0.4, -0.2) is 90.9 Å². The van der Waals surface area contributed by atoms with E-state index >= 15 is 0 Å². The number of nitrogens with zero attached hydrogens (tertiary/aromatic N) is 3. The number of halogens is 2. The summed E-state index contributed by atoms with van der Waals surface area (Å²) in [6, 6.07) is 20.5. The number of aromatic nitrogens is 1. The first-order chi connectivity index (χ1) is 22.0. The largest absolute Gasteiger partial charge is 0.490 e. The van der Waals surface area contributed by atoms with Gasteiger partial charge in [-0.2, -0.15) is 0 Å². The molecule has 3 aliphatic heterocycles. The second-order valence-electron chi connectivity index (χ2n) is 12.1. The smallest absolute Gasteiger partial charge is 0.416 e. The van der Waals surface area contributed by atoms with Crippen molar-refractivity contribution >= 4 is 40.2 Å². The van der Waals surface area contributed by atoms with Gasteiger partial charge in [0.1, 0.15) is 23.6 Å². The number of morpholine rings is 1. The maximum Gasteiger partial charge on any atom is 0.416 e. The third-order valence-corrected chi connectivity index (χ3v) is 9.70. The van der Waals surface area contributed by atoms with E-state index in [0.717, 1.165) is 93.2 Å². The first-order valence-electron chi connectivity index (χ1n) is 15.8. The molecule has 4 aromatic rings. The van der Waals surface area contributed by atoms with Crippen molar-refractivity contribution in [1.29, 1.82) is 0 Å². The molecule has 0 unspecified atom stereocenters. The van der Waals surface area contributed by atoms with Crippen LogP contribution < -0.4 is 9.47 Å². The van der Waals surface area contributed by atoms with Crippen LogP contribution in [0.15, 0.2) is 66.7 Å². The first kappa shape index (κ1) is 30.4. The van der Waals surface area contributed by atoms with Crippen LogP contribution in [0.2, 0.25) is 10.0 Å². The predicted octanol–water partition coefficient (Wildman–Crippen LogP) is 6.80. The fraction of sp³-hybridized carbons (Fsp3) is 0.400. The molecule has 10 heteroatoms. The van der Waals surface area contributed by atoms with Crippen molar-refractivity contribution in [2.24, 2.45) is 0 Å². The van der Waals surface area contributed by atoms with Crippen LogP contribution in [0.4, 0.5) is 4.79 Å².